The van der Waals surface area contributed by atoms with Gasteiger partial charge in [-0.05, 0) is 57.0 Å². The largest absolute Gasteiger partial charge is 0.494 e. The van der Waals surface area contributed by atoms with Crippen LogP contribution in [-0.2, 0) is 13.6 Å². The molecule has 7 nitrogen and oxygen atoms in total. The Morgan fingerprint density at radius 2 is 1.87 bits per heavy atom. The van der Waals surface area contributed by atoms with Gasteiger partial charge in [-0.3, -0.25) is 4.68 Å². The number of aryl methyl sites for hydroxylation is 1. The van der Waals surface area contributed by atoms with E-state index in [2.05, 4.69) is 40.5 Å². The Morgan fingerprint density at radius 3 is 2.52 bits per heavy atom. The number of pyridine rings is 1. The minimum absolute atomic E-state index is 0.520. The molecule has 1 saturated heterocycles. The molecule has 0 unspecified atom stereocenters. The van der Waals surface area contributed by atoms with Crippen LogP contribution in [-0.4, -0.2) is 43.5 Å². The Morgan fingerprint density at radius 1 is 1.06 bits per heavy atom. The molecular weight excluding hydrogens is 388 g/mol. The second-order valence-electron chi connectivity index (χ2n) is 8.42. The zero-order valence-electron chi connectivity index (χ0n) is 18.5. The fourth-order valence-corrected chi connectivity index (χ4v) is 4.72. The first-order chi connectivity index (χ1) is 15.0. The lowest BCUT2D eigenvalue weighted by molar-refractivity contribution is 0.417. The van der Waals surface area contributed by atoms with E-state index in [9.17, 15) is 0 Å². The molecule has 0 spiro atoms. The molecule has 7 heteroatoms. The fraction of sp³-hybridized carbons (Fsp3) is 0.375. The summed E-state index contributed by atoms with van der Waals surface area (Å²) >= 11 is 0. The van der Waals surface area contributed by atoms with Crippen molar-refractivity contribution in [3.05, 3.63) is 54.5 Å². The van der Waals surface area contributed by atoms with Crippen LogP contribution in [0.25, 0.3) is 22.4 Å². The van der Waals surface area contributed by atoms with Crippen LogP contribution in [0.1, 0.15) is 32.4 Å². The summed E-state index contributed by atoms with van der Waals surface area (Å²) in [5.74, 6) is 2.70. The Labute approximate surface area is 182 Å². The molecule has 1 aliphatic rings. The third kappa shape index (κ3) is 3.44. The highest BCUT2D eigenvalue weighted by Crippen LogP contribution is 2.33. The number of hydrogen-bond acceptors (Lipinski definition) is 5. The van der Waals surface area contributed by atoms with Gasteiger partial charge in [-0.1, -0.05) is 6.07 Å². The summed E-state index contributed by atoms with van der Waals surface area (Å²) in [4.78, 5) is 12.2. The van der Waals surface area contributed by atoms with E-state index >= 15 is 0 Å². The molecule has 1 fully saturated rings. The maximum atomic E-state index is 5.66. The lowest BCUT2D eigenvalue weighted by Gasteiger charge is -2.27. The highest BCUT2D eigenvalue weighted by molar-refractivity contribution is 5.86. The molecule has 1 aliphatic heterocycles. The van der Waals surface area contributed by atoms with E-state index in [0.717, 1.165) is 39.7 Å². The van der Waals surface area contributed by atoms with Crippen molar-refractivity contribution in [2.75, 3.05) is 12.0 Å². The topological polar surface area (TPSA) is 61.0 Å². The van der Waals surface area contributed by atoms with Gasteiger partial charge in [0.15, 0.2) is 0 Å². The van der Waals surface area contributed by atoms with Gasteiger partial charge in [0, 0.05) is 37.1 Å². The summed E-state index contributed by atoms with van der Waals surface area (Å²) < 4.78 is 9.66. The lowest BCUT2D eigenvalue weighted by atomic mass is 10.2. The van der Waals surface area contributed by atoms with E-state index in [4.69, 9.17) is 14.7 Å². The zero-order chi connectivity index (χ0) is 21.5. The van der Waals surface area contributed by atoms with Gasteiger partial charge in [0.25, 0.3) is 0 Å². The van der Waals surface area contributed by atoms with Gasteiger partial charge < -0.3 is 14.2 Å². The number of anilines is 1. The molecule has 160 valence electrons. The number of hydrogen-bond donors (Lipinski definition) is 0. The quantitative estimate of drug-likeness (QED) is 0.486. The zero-order valence-corrected chi connectivity index (χ0v) is 18.5. The average molecular weight is 417 g/mol. The van der Waals surface area contributed by atoms with Gasteiger partial charge in [0.05, 0.1) is 24.9 Å². The molecular formula is C24H28N6O. The van der Waals surface area contributed by atoms with E-state index in [1.807, 2.05) is 48.4 Å². The van der Waals surface area contributed by atoms with Gasteiger partial charge >= 0.3 is 0 Å². The van der Waals surface area contributed by atoms with E-state index < -0.39 is 0 Å². The fourth-order valence-electron chi connectivity index (χ4n) is 4.72. The summed E-state index contributed by atoms with van der Waals surface area (Å²) in [6, 6.07) is 13.3. The SMILES string of the molecule is COc1cccc2nc(-c3ccc(N4[C@@H](C)CC[C@@H]4C)nc3)n(Cc3ccn(C)n3)c12. The molecule has 0 saturated carbocycles. The Bertz CT molecular complexity index is 1200. The third-order valence-electron chi connectivity index (χ3n) is 6.26. The number of rotatable bonds is 5. The maximum absolute atomic E-state index is 5.66. The summed E-state index contributed by atoms with van der Waals surface area (Å²) in [6.07, 6.45) is 6.32. The number of nitrogens with zero attached hydrogens (tertiary/aromatic N) is 6. The minimum atomic E-state index is 0.520. The first-order valence-corrected chi connectivity index (χ1v) is 10.8. The van der Waals surface area contributed by atoms with Crippen LogP contribution in [0.15, 0.2) is 48.8 Å². The first kappa shape index (κ1) is 19.6. The number of para-hydroxylation sites is 1. The molecule has 0 amide bonds. The predicted molar refractivity (Wildman–Crippen MR) is 122 cm³/mol. The molecule has 1 aromatic carbocycles. The van der Waals surface area contributed by atoms with Crippen molar-refractivity contribution in [2.45, 2.75) is 45.3 Å². The van der Waals surface area contributed by atoms with Crippen LogP contribution in [0.5, 0.6) is 5.75 Å². The van der Waals surface area contributed by atoms with Crippen LogP contribution in [0.3, 0.4) is 0 Å². The van der Waals surface area contributed by atoms with Crippen LogP contribution in [0.2, 0.25) is 0 Å². The molecule has 2 atom stereocenters. The van der Waals surface area contributed by atoms with E-state index in [-0.39, 0.29) is 0 Å². The van der Waals surface area contributed by atoms with Crippen molar-refractivity contribution in [1.29, 1.82) is 0 Å². The van der Waals surface area contributed by atoms with Crippen LogP contribution in [0, 0.1) is 0 Å². The highest BCUT2D eigenvalue weighted by atomic mass is 16.5. The normalized spacial score (nSPS) is 18.8. The van der Waals surface area contributed by atoms with Gasteiger partial charge in [-0.2, -0.15) is 5.10 Å². The number of imidazole rings is 1. The number of methoxy groups -OCH3 is 1. The number of aromatic nitrogens is 5. The summed E-state index contributed by atoms with van der Waals surface area (Å²) in [5, 5.41) is 4.57. The lowest BCUT2D eigenvalue weighted by Crippen LogP contribution is -2.33. The van der Waals surface area contributed by atoms with Gasteiger partial charge in [0.2, 0.25) is 0 Å². The van der Waals surface area contributed by atoms with Crippen LogP contribution in [0.4, 0.5) is 5.82 Å². The monoisotopic (exact) mass is 416 g/mol. The molecule has 0 bridgehead atoms. The van der Waals surface area contributed by atoms with Crippen LogP contribution >= 0.6 is 0 Å². The maximum Gasteiger partial charge on any atom is 0.144 e. The van der Waals surface area contributed by atoms with Crippen LogP contribution < -0.4 is 9.64 Å². The Balaban J connectivity index is 1.60. The predicted octanol–water partition coefficient (Wildman–Crippen LogP) is 4.27. The summed E-state index contributed by atoms with van der Waals surface area (Å²) in [5.41, 5.74) is 3.82. The highest BCUT2D eigenvalue weighted by Gasteiger charge is 2.28. The second kappa shape index (κ2) is 7.72. The molecule has 0 radical (unpaired) electrons. The van der Waals surface area contributed by atoms with Crippen molar-refractivity contribution in [3.8, 4) is 17.1 Å². The minimum Gasteiger partial charge on any atom is -0.494 e. The van der Waals surface area contributed by atoms with Gasteiger partial charge in [0.1, 0.15) is 22.9 Å². The number of fused-ring (bicyclic) bond motifs is 1. The van der Waals surface area contributed by atoms with Crippen molar-refractivity contribution in [1.82, 2.24) is 24.3 Å². The van der Waals surface area contributed by atoms with E-state index in [1.54, 1.807) is 7.11 Å². The number of benzene rings is 1. The molecule has 4 heterocycles. The Hall–Kier alpha value is -3.35. The molecule has 0 N–H and O–H groups in total. The van der Waals surface area contributed by atoms with Crippen molar-refractivity contribution in [3.63, 3.8) is 0 Å². The van der Waals surface area contributed by atoms with Crippen molar-refractivity contribution < 1.29 is 4.74 Å². The third-order valence-corrected chi connectivity index (χ3v) is 6.26. The van der Waals surface area contributed by atoms with E-state index in [0.29, 0.717) is 18.6 Å². The van der Waals surface area contributed by atoms with Crippen molar-refractivity contribution >= 4 is 16.9 Å². The summed E-state index contributed by atoms with van der Waals surface area (Å²) in [6.45, 7) is 5.16. The van der Waals surface area contributed by atoms with Gasteiger partial charge in [-0.25, -0.2) is 9.97 Å². The molecule has 31 heavy (non-hydrogen) atoms. The molecule has 3 aromatic heterocycles. The first-order valence-electron chi connectivity index (χ1n) is 10.8. The van der Waals surface area contributed by atoms with Crippen molar-refractivity contribution in [2.24, 2.45) is 7.05 Å². The summed E-state index contributed by atoms with van der Waals surface area (Å²) in [7, 11) is 3.63. The smallest absolute Gasteiger partial charge is 0.144 e. The average Bonchev–Trinajstić information content (AvgIpc) is 3.46. The van der Waals surface area contributed by atoms with E-state index in [1.165, 1.54) is 12.8 Å². The molecule has 5 rings (SSSR count). The standard InChI is InChI=1S/C24H28N6O/c1-16-8-9-17(2)30(16)22-11-10-18(14-25-22)24-26-20-6-5-7-21(31-4)23(20)29(24)15-19-12-13-28(3)27-19/h5-7,10-14,16-17H,8-9,15H2,1-4H3/t16-,17-/m0/s1. The van der Waals surface area contributed by atoms with Gasteiger partial charge in [-0.15, -0.1) is 0 Å². The Kier molecular flexibility index (Phi) is 4.88. The number of ether oxygens (including phenoxy) is 1. The second-order valence-corrected chi connectivity index (χ2v) is 8.42. The molecule has 4 aromatic rings. The molecule has 0 aliphatic carbocycles.